The molecule has 3 aliphatic carbocycles. The quantitative estimate of drug-likeness (QED) is 0.0475. The Hall–Kier alpha value is -2.67. The molecule has 0 radical (unpaired) electrons. The average Bonchev–Trinajstić information content (AvgIpc) is 3.09. The zero-order valence-corrected chi connectivity index (χ0v) is 34.2. The van der Waals surface area contributed by atoms with Gasteiger partial charge in [-0.05, 0) is 64.2 Å². The summed E-state index contributed by atoms with van der Waals surface area (Å²) in [4.78, 5) is 42.4. The van der Waals surface area contributed by atoms with Crippen LogP contribution in [-0.2, 0) is 62.1 Å². The Kier molecular flexibility index (Phi) is 37.7. The number of carboxylic acid groups (broad SMARTS) is 1. The topological polar surface area (TPSA) is 220 Å². The van der Waals surface area contributed by atoms with E-state index < -0.39 is 28.3 Å². The molecule has 2 unspecified atom stereocenters. The maximum absolute atomic E-state index is 10.8. The molecule has 3 N–H and O–H groups in total. The van der Waals surface area contributed by atoms with E-state index in [1.807, 2.05) is 20.8 Å². The number of hydrogen-bond acceptors (Lipinski definition) is 14. The molecule has 16 nitrogen and oxygen atoms in total. The smallest absolute Gasteiger partial charge is 0.358 e. The van der Waals surface area contributed by atoms with Crippen LogP contribution in [0.5, 0.6) is 0 Å². The van der Waals surface area contributed by atoms with E-state index in [0.29, 0.717) is 51.5 Å². The highest BCUT2D eigenvalue weighted by Crippen LogP contribution is 2.59. The summed E-state index contributed by atoms with van der Waals surface area (Å²) >= 11 is 0. The first kappa shape index (κ1) is 60.6. The molecule has 17 heteroatoms. The normalized spacial score (nSPS) is 16.0. The summed E-state index contributed by atoms with van der Waals surface area (Å²) in [7, 11) is -0.885. The van der Waals surface area contributed by atoms with Gasteiger partial charge in [0.2, 0.25) is 0 Å². The predicted molar refractivity (Wildman–Crippen MR) is 207 cm³/mol. The van der Waals surface area contributed by atoms with Gasteiger partial charge in [-0.2, -0.15) is 8.42 Å². The average molecular weight is 806 g/mol. The van der Waals surface area contributed by atoms with Crippen LogP contribution >= 0.6 is 0 Å². The number of aliphatic carboxylic acids is 1. The Morgan fingerprint density at radius 2 is 1.48 bits per heavy atom. The van der Waals surface area contributed by atoms with E-state index >= 15 is 0 Å². The summed E-state index contributed by atoms with van der Waals surface area (Å²) in [5.74, 6) is 0.0386. The van der Waals surface area contributed by atoms with Crippen LogP contribution in [0.25, 0.3) is 0 Å². The van der Waals surface area contributed by atoms with E-state index in [1.54, 1.807) is 33.6 Å². The van der Waals surface area contributed by atoms with Crippen molar-refractivity contribution in [2.24, 2.45) is 28.6 Å². The molecule has 2 bridgehead atoms. The molecule has 2 atom stereocenters. The minimum Gasteiger partial charge on any atom is -0.481 e. The van der Waals surface area contributed by atoms with E-state index in [9.17, 15) is 27.6 Å². The number of carbonyl (C=O) groups excluding carboxylic acids is 3. The number of esters is 3. The van der Waals surface area contributed by atoms with Crippen LogP contribution in [0.3, 0.4) is 0 Å². The lowest BCUT2D eigenvalue weighted by Gasteiger charge is -2.56. The highest BCUT2D eigenvalue weighted by Gasteiger charge is 2.50. The van der Waals surface area contributed by atoms with Crippen molar-refractivity contribution in [3.05, 3.63) is 11.6 Å². The van der Waals surface area contributed by atoms with Crippen LogP contribution in [0.4, 0.5) is 0 Å². The first-order chi connectivity index (χ1) is 24.1. The predicted octanol–water partition coefficient (Wildman–Crippen LogP) is 6.00. The van der Waals surface area contributed by atoms with Crippen LogP contribution < -0.4 is 4.89 Å². The summed E-state index contributed by atoms with van der Waals surface area (Å²) in [5, 5.41) is 16.6. The van der Waals surface area contributed by atoms with Crippen molar-refractivity contribution in [3.8, 4) is 0 Å². The lowest BCUT2D eigenvalue weighted by molar-refractivity contribution is -0.149. The fourth-order valence-electron chi connectivity index (χ4n) is 4.35. The standard InChI is InChI=1S/C12H20O.C8H16O3.C6H12O3.C5H11NO6S.C4H8O2.2CH4/c1-12(2)10-5-4-9(6-7-13-3)11(12)8-10;1-4-10-5-6-11-8(9)7(2)3;1-3-6(7)9-5-4-8-2;1-5(2,4(7)8)3-12-13(10,11)6-9;1-3-6-4(2)5;;/h4,10-11H,5-8H2,1-3H3;7H,4-6H2,1-3H3;3-5H2,1-2H3;6,9H,3H2,1-2H3,(H,7,8);3H2,1-2H3;2*1H4. The van der Waals surface area contributed by atoms with Gasteiger partial charge in [0, 0.05) is 40.8 Å². The minimum absolute atomic E-state index is 0. The van der Waals surface area contributed by atoms with Gasteiger partial charge < -0.3 is 38.7 Å². The molecular weight excluding hydrogens is 730 g/mol. The molecule has 0 spiro atoms. The zero-order chi connectivity index (χ0) is 41.0. The molecule has 1 fully saturated rings. The van der Waals surface area contributed by atoms with Crippen molar-refractivity contribution in [3.63, 3.8) is 0 Å². The number of methoxy groups -OCH3 is 2. The van der Waals surface area contributed by atoms with E-state index in [1.165, 1.54) is 33.6 Å². The van der Waals surface area contributed by atoms with Gasteiger partial charge in [0.1, 0.15) is 13.2 Å². The van der Waals surface area contributed by atoms with Crippen LogP contribution in [0.2, 0.25) is 0 Å². The number of nitrogens with one attached hydrogen (secondary N) is 1. The molecule has 3 rings (SSSR count). The Balaban J connectivity index is -0.000000188. The van der Waals surface area contributed by atoms with Crippen molar-refractivity contribution in [1.29, 1.82) is 0 Å². The van der Waals surface area contributed by atoms with Crippen molar-refractivity contribution < 1.29 is 70.5 Å². The molecular formula is C37H75NO15S. The van der Waals surface area contributed by atoms with Gasteiger partial charge in [0.05, 0.1) is 37.8 Å². The SMILES string of the molecule is C.C.CC(C)(COS(=O)(=O)NO)C(=O)O.CCC(=O)OCCOC.CCOC(C)=O.CCOCCOC(=O)C(C)C.COCCC1=CCC2CC1C2(C)C. The largest absolute Gasteiger partial charge is 0.481 e. The van der Waals surface area contributed by atoms with Gasteiger partial charge >= 0.3 is 34.2 Å². The second-order valence-electron chi connectivity index (χ2n) is 13.1. The Labute approximate surface area is 326 Å². The van der Waals surface area contributed by atoms with Gasteiger partial charge in [0.15, 0.2) is 0 Å². The molecule has 0 heterocycles. The highest BCUT2D eigenvalue weighted by molar-refractivity contribution is 7.84. The molecule has 0 aromatic heterocycles. The number of hydrogen-bond donors (Lipinski definition) is 3. The minimum atomic E-state index is -4.24. The van der Waals surface area contributed by atoms with Crippen LogP contribution in [0.15, 0.2) is 11.6 Å². The van der Waals surface area contributed by atoms with Gasteiger partial charge in [-0.25, -0.2) is 0 Å². The number of carbonyl (C=O) groups is 4. The fourth-order valence-corrected chi connectivity index (χ4v) is 4.85. The third-order valence-electron chi connectivity index (χ3n) is 7.78. The number of allylic oxidation sites excluding steroid dienone is 1. The van der Waals surface area contributed by atoms with Crippen molar-refractivity contribution in [2.45, 2.75) is 110 Å². The molecule has 0 amide bonds. The Bertz CT molecular complexity index is 1140. The van der Waals surface area contributed by atoms with Gasteiger partial charge in [-0.3, -0.25) is 23.4 Å². The summed E-state index contributed by atoms with van der Waals surface area (Å²) < 4.78 is 53.8. The molecule has 0 aromatic rings. The molecule has 54 heavy (non-hydrogen) atoms. The summed E-state index contributed by atoms with van der Waals surface area (Å²) in [5.41, 5.74) is 0.913. The lowest BCUT2D eigenvalue weighted by Crippen LogP contribution is -2.48. The molecule has 324 valence electrons. The molecule has 0 aromatic carbocycles. The van der Waals surface area contributed by atoms with Crippen molar-refractivity contribution in [1.82, 2.24) is 4.89 Å². The van der Waals surface area contributed by atoms with Crippen LogP contribution in [0.1, 0.15) is 110 Å². The van der Waals surface area contributed by atoms with Crippen LogP contribution in [-0.4, -0.2) is 110 Å². The highest BCUT2D eigenvalue weighted by atomic mass is 32.2. The zero-order valence-electron chi connectivity index (χ0n) is 33.4. The van der Waals surface area contributed by atoms with E-state index in [-0.39, 0.29) is 38.7 Å². The third kappa shape index (κ3) is 29.7. The van der Waals surface area contributed by atoms with E-state index in [2.05, 4.69) is 38.3 Å². The summed E-state index contributed by atoms with van der Waals surface area (Å²) in [6.07, 6.45) is 6.79. The van der Waals surface area contributed by atoms with Gasteiger partial charge in [-0.15, -0.1) is 0 Å². The summed E-state index contributed by atoms with van der Waals surface area (Å²) in [6, 6.07) is 0. The van der Waals surface area contributed by atoms with Crippen molar-refractivity contribution in [2.75, 3.05) is 67.1 Å². The monoisotopic (exact) mass is 805 g/mol. The number of ether oxygens (including phenoxy) is 6. The van der Waals surface area contributed by atoms with Gasteiger partial charge in [-0.1, -0.05) is 66.0 Å². The maximum Gasteiger partial charge on any atom is 0.358 e. The van der Waals surface area contributed by atoms with Crippen molar-refractivity contribution >= 4 is 34.2 Å². The number of rotatable bonds is 18. The molecule has 0 saturated heterocycles. The maximum atomic E-state index is 10.8. The molecule has 1 saturated carbocycles. The second kappa shape index (κ2) is 33.6. The van der Waals surface area contributed by atoms with Gasteiger partial charge in [0.25, 0.3) is 0 Å². The third-order valence-corrected chi connectivity index (χ3v) is 8.43. The Morgan fingerprint density at radius 1 is 0.926 bits per heavy atom. The van der Waals surface area contributed by atoms with Crippen LogP contribution in [0, 0.1) is 28.6 Å². The molecule has 0 aliphatic heterocycles. The number of fused-ring (bicyclic) bond motifs is 1. The lowest BCUT2D eigenvalue weighted by atomic mass is 9.48. The van der Waals surface area contributed by atoms with E-state index in [4.69, 9.17) is 24.5 Å². The Morgan fingerprint density at radius 3 is 1.85 bits per heavy atom. The number of carboxylic acids is 1. The summed E-state index contributed by atoms with van der Waals surface area (Å²) in [6.45, 7) is 21.1. The fraction of sp³-hybridized carbons (Fsp3) is 0.838. The first-order valence-electron chi connectivity index (χ1n) is 17.4. The first-order valence-corrected chi connectivity index (χ1v) is 18.8. The molecule has 3 aliphatic rings. The van der Waals surface area contributed by atoms with E-state index in [0.717, 1.165) is 29.7 Å². The second-order valence-corrected chi connectivity index (χ2v) is 14.4.